The van der Waals surface area contributed by atoms with E-state index in [1.165, 1.54) is 0 Å². The quantitative estimate of drug-likeness (QED) is 0.899. The van der Waals surface area contributed by atoms with Crippen LogP contribution < -0.4 is 4.90 Å². The van der Waals surface area contributed by atoms with Crippen molar-refractivity contribution in [3.05, 3.63) is 29.3 Å². The van der Waals surface area contributed by atoms with Crippen molar-refractivity contribution in [2.75, 3.05) is 31.1 Å². The van der Waals surface area contributed by atoms with Crippen LogP contribution in [-0.2, 0) is 11.2 Å². The molecule has 5 heteroatoms. The normalized spacial score (nSPS) is 18.5. The lowest BCUT2D eigenvalue weighted by atomic mass is 9.97. The molecular weight excluding hydrogens is 280 g/mol. The minimum atomic E-state index is 0.0453. The van der Waals surface area contributed by atoms with Crippen LogP contribution in [0.3, 0.4) is 0 Å². The lowest BCUT2D eigenvalue weighted by Crippen LogP contribution is -2.39. The van der Waals surface area contributed by atoms with E-state index >= 15 is 0 Å². The fourth-order valence-corrected chi connectivity index (χ4v) is 3.36. The number of nitrogens with zero attached hydrogens (tertiary/aromatic N) is 2. The van der Waals surface area contributed by atoms with Crippen LogP contribution in [-0.4, -0.2) is 48.1 Å². The molecule has 5 nitrogen and oxygen atoms in total. The molecule has 0 atom stereocenters. The maximum absolute atomic E-state index is 12.6. The van der Waals surface area contributed by atoms with Crippen molar-refractivity contribution in [2.45, 2.75) is 26.2 Å². The maximum atomic E-state index is 12.6. The monoisotopic (exact) mass is 302 g/mol. The van der Waals surface area contributed by atoms with Crippen molar-refractivity contribution >= 4 is 17.5 Å². The highest BCUT2D eigenvalue weighted by Crippen LogP contribution is 2.29. The van der Waals surface area contributed by atoms with Crippen LogP contribution in [0.4, 0.5) is 5.69 Å². The minimum Gasteiger partial charge on any atom is -0.396 e. The third-order valence-corrected chi connectivity index (χ3v) is 4.76. The number of piperidine rings is 1. The molecule has 2 heterocycles. The van der Waals surface area contributed by atoms with Crippen LogP contribution in [0.2, 0.25) is 0 Å². The van der Waals surface area contributed by atoms with Gasteiger partial charge in [-0.2, -0.15) is 0 Å². The highest BCUT2D eigenvalue weighted by molar-refractivity contribution is 5.97. The van der Waals surface area contributed by atoms with Crippen LogP contribution in [0.15, 0.2) is 18.2 Å². The summed E-state index contributed by atoms with van der Waals surface area (Å²) in [4.78, 5) is 27.8. The van der Waals surface area contributed by atoms with Crippen LogP contribution in [0.5, 0.6) is 0 Å². The van der Waals surface area contributed by atoms with E-state index in [1.807, 2.05) is 23.1 Å². The Hall–Kier alpha value is -1.88. The molecule has 2 aliphatic rings. The molecule has 0 saturated carbocycles. The Morgan fingerprint density at radius 1 is 1.23 bits per heavy atom. The van der Waals surface area contributed by atoms with Crippen molar-refractivity contribution in [3.8, 4) is 0 Å². The molecule has 2 aliphatic heterocycles. The Kier molecular flexibility index (Phi) is 4.16. The summed E-state index contributed by atoms with van der Waals surface area (Å²) in [5.41, 5.74) is 2.71. The molecule has 1 aromatic carbocycles. The first-order valence-corrected chi connectivity index (χ1v) is 7.91. The molecule has 118 valence electrons. The smallest absolute Gasteiger partial charge is 0.253 e. The van der Waals surface area contributed by atoms with Gasteiger partial charge in [-0.15, -0.1) is 0 Å². The van der Waals surface area contributed by atoms with E-state index in [1.54, 1.807) is 11.8 Å². The van der Waals surface area contributed by atoms with Gasteiger partial charge in [-0.25, -0.2) is 0 Å². The highest BCUT2D eigenvalue weighted by Gasteiger charge is 2.26. The second-order valence-electron chi connectivity index (χ2n) is 6.18. The molecule has 0 bridgehead atoms. The Morgan fingerprint density at radius 2 is 1.95 bits per heavy atom. The zero-order valence-corrected chi connectivity index (χ0v) is 12.9. The first kappa shape index (κ1) is 15.0. The van der Waals surface area contributed by atoms with Crippen molar-refractivity contribution in [1.82, 2.24) is 4.90 Å². The van der Waals surface area contributed by atoms with E-state index in [4.69, 9.17) is 0 Å². The van der Waals surface area contributed by atoms with Gasteiger partial charge in [0.15, 0.2) is 0 Å². The SMILES string of the molecule is CC(=O)N1CCc2cc(C(=O)N3CCC(CO)CC3)ccc21. The average Bonchev–Trinajstić information content (AvgIpc) is 2.97. The van der Waals surface area contributed by atoms with E-state index in [2.05, 4.69) is 0 Å². The van der Waals surface area contributed by atoms with Crippen LogP contribution in [0, 0.1) is 5.92 Å². The number of rotatable bonds is 2. The summed E-state index contributed by atoms with van der Waals surface area (Å²) < 4.78 is 0. The largest absolute Gasteiger partial charge is 0.396 e. The van der Waals surface area contributed by atoms with E-state index in [-0.39, 0.29) is 18.4 Å². The van der Waals surface area contributed by atoms with Gasteiger partial charge in [0.1, 0.15) is 0 Å². The van der Waals surface area contributed by atoms with Crippen LogP contribution in [0.1, 0.15) is 35.7 Å². The summed E-state index contributed by atoms with van der Waals surface area (Å²) in [5, 5.41) is 9.17. The first-order chi connectivity index (χ1) is 10.6. The van der Waals surface area contributed by atoms with Gasteiger partial charge in [0.2, 0.25) is 5.91 Å². The molecule has 3 rings (SSSR count). The van der Waals surface area contributed by atoms with E-state index in [0.717, 1.165) is 30.5 Å². The number of aliphatic hydroxyl groups is 1. The molecule has 0 unspecified atom stereocenters. The lowest BCUT2D eigenvalue weighted by Gasteiger charge is -2.31. The summed E-state index contributed by atoms with van der Waals surface area (Å²) >= 11 is 0. The summed E-state index contributed by atoms with van der Waals surface area (Å²) in [6, 6.07) is 5.64. The summed E-state index contributed by atoms with van der Waals surface area (Å²) in [6.07, 6.45) is 2.54. The Labute approximate surface area is 130 Å². The van der Waals surface area contributed by atoms with Crippen LogP contribution in [0.25, 0.3) is 0 Å². The predicted octanol–water partition coefficient (Wildman–Crippen LogP) is 1.44. The molecule has 22 heavy (non-hydrogen) atoms. The average molecular weight is 302 g/mol. The van der Waals surface area contributed by atoms with Crippen molar-refractivity contribution < 1.29 is 14.7 Å². The molecule has 1 N–H and O–H groups in total. The predicted molar refractivity (Wildman–Crippen MR) is 83.9 cm³/mol. The zero-order valence-electron chi connectivity index (χ0n) is 12.9. The Morgan fingerprint density at radius 3 is 2.59 bits per heavy atom. The number of benzene rings is 1. The third-order valence-electron chi connectivity index (χ3n) is 4.76. The zero-order chi connectivity index (χ0) is 15.7. The van der Waals surface area contributed by atoms with Gasteiger partial charge in [0.05, 0.1) is 0 Å². The standard InChI is InChI=1S/C17H22N2O3/c1-12(21)19-9-6-14-10-15(2-3-16(14)19)17(22)18-7-4-13(11-20)5-8-18/h2-3,10,13,20H,4-9,11H2,1H3. The van der Waals surface area contributed by atoms with E-state index in [0.29, 0.717) is 31.1 Å². The molecule has 0 radical (unpaired) electrons. The van der Waals surface area contributed by atoms with Gasteiger partial charge in [0.25, 0.3) is 5.91 Å². The second-order valence-corrected chi connectivity index (χ2v) is 6.18. The fourth-order valence-electron chi connectivity index (χ4n) is 3.36. The summed E-state index contributed by atoms with van der Waals surface area (Å²) in [7, 11) is 0. The van der Waals surface area contributed by atoms with Gasteiger partial charge in [0, 0.05) is 44.4 Å². The number of carbonyl (C=O) groups is 2. The molecular formula is C17H22N2O3. The number of likely N-dealkylation sites (tertiary alicyclic amines) is 1. The van der Waals surface area contributed by atoms with Gasteiger partial charge < -0.3 is 14.9 Å². The highest BCUT2D eigenvalue weighted by atomic mass is 16.3. The topological polar surface area (TPSA) is 60.9 Å². The van der Waals surface area contributed by atoms with Gasteiger partial charge in [-0.05, 0) is 48.9 Å². The van der Waals surface area contributed by atoms with Crippen molar-refractivity contribution in [3.63, 3.8) is 0 Å². The van der Waals surface area contributed by atoms with Gasteiger partial charge >= 0.3 is 0 Å². The van der Waals surface area contributed by atoms with Crippen molar-refractivity contribution in [1.29, 1.82) is 0 Å². The minimum absolute atomic E-state index is 0.0453. The molecule has 0 aromatic heterocycles. The maximum Gasteiger partial charge on any atom is 0.253 e. The first-order valence-electron chi connectivity index (χ1n) is 7.91. The number of fused-ring (bicyclic) bond motifs is 1. The number of hydrogen-bond donors (Lipinski definition) is 1. The number of hydrogen-bond acceptors (Lipinski definition) is 3. The van der Waals surface area contributed by atoms with Crippen LogP contribution >= 0.6 is 0 Å². The molecule has 0 spiro atoms. The summed E-state index contributed by atoms with van der Waals surface area (Å²) in [6.45, 7) is 3.90. The summed E-state index contributed by atoms with van der Waals surface area (Å²) in [5.74, 6) is 0.428. The van der Waals surface area contributed by atoms with Gasteiger partial charge in [-0.1, -0.05) is 0 Å². The van der Waals surface area contributed by atoms with E-state index in [9.17, 15) is 14.7 Å². The lowest BCUT2D eigenvalue weighted by molar-refractivity contribution is -0.116. The molecule has 1 aromatic rings. The third kappa shape index (κ3) is 2.73. The number of carbonyl (C=O) groups excluding carboxylic acids is 2. The number of aliphatic hydroxyl groups excluding tert-OH is 1. The molecule has 1 saturated heterocycles. The fraction of sp³-hybridized carbons (Fsp3) is 0.529. The Bertz CT molecular complexity index is 592. The molecule has 0 aliphatic carbocycles. The van der Waals surface area contributed by atoms with Gasteiger partial charge in [-0.3, -0.25) is 9.59 Å². The van der Waals surface area contributed by atoms with E-state index < -0.39 is 0 Å². The van der Waals surface area contributed by atoms with Crippen molar-refractivity contribution in [2.24, 2.45) is 5.92 Å². The molecule has 1 fully saturated rings. The molecule has 2 amide bonds. The number of amides is 2. The second kappa shape index (κ2) is 6.08. The Balaban J connectivity index is 1.74. The number of anilines is 1.